The second kappa shape index (κ2) is 10.1. The van der Waals surface area contributed by atoms with Crippen molar-refractivity contribution in [3.05, 3.63) is 89.5 Å². The van der Waals surface area contributed by atoms with Crippen molar-refractivity contribution in [2.45, 2.75) is 12.8 Å². The number of benzene rings is 3. The predicted molar refractivity (Wildman–Crippen MR) is 118 cm³/mol. The van der Waals surface area contributed by atoms with Crippen LogP contribution in [0.4, 0.5) is 5.69 Å². The number of hydrogen-bond acceptors (Lipinski definition) is 3. The van der Waals surface area contributed by atoms with Crippen LogP contribution >= 0.6 is 0 Å². The van der Waals surface area contributed by atoms with Crippen molar-refractivity contribution in [1.82, 2.24) is 0 Å². The molecule has 0 spiro atoms. The number of rotatable bonds is 8. The Bertz CT molecular complexity index is 941. The van der Waals surface area contributed by atoms with Gasteiger partial charge in [0.05, 0.1) is 14.2 Å². The fourth-order valence-corrected chi connectivity index (χ4v) is 2.92. The van der Waals surface area contributed by atoms with E-state index in [1.807, 2.05) is 84.9 Å². The molecule has 1 N–H and O–H groups in total. The molecule has 0 radical (unpaired) electrons. The summed E-state index contributed by atoms with van der Waals surface area (Å²) in [5, 5.41) is 2.95. The van der Waals surface area contributed by atoms with Gasteiger partial charge in [-0.15, -0.1) is 0 Å². The summed E-state index contributed by atoms with van der Waals surface area (Å²) in [4.78, 5) is 12.2. The molecular formula is C25H25NO3. The Balaban J connectivity index is 1.57. The lowest BCUT2D eigenvalue weighted by Crippen LogP contribution is -2.12. The number of carbonyl (C=O) groups is 1. The molecular weight excluding hydrogens is 362 g/mol. The van der Waals surface area contributed by atoms with Gasteiger partial charge in [0, 0.05) is 18.2 Å². The van der Waals surface area contributed by atoms with Gasteiger partial charge >= 0.3 is 0 Å². The highest BCUT2D eigenvalue weighted by molar-refractivity contribution is 5.91. The molecule has 0 atom stereocenters. The first-order valence-electron chi connectivity index (χ1n) is 9.51. The van der Waals surface area contributed by atoms with Gasteiger partial charge in [-0.1, -0.05) is 54.6 Å². The van der Waals surface area contributed by atoms with Crippen molar-refractivity contribution >= 4 is 23.7 Å². The minimum Gasteiger partial charge on any atom is -0.497 e. The molecule has 1 amide bonds. The molecule has 29 heavy (non-hydrogen) atoms. The standard InChI is InChI=1S/C25H25NO3/c1-28-23-16-21(17-24(18-23)29-2)9-8-20-10-13-22(14-11-20)26-25(27)15-12-19-6-4-3-5-7-19/h3-11,13-14,16-18H,12,15H2,1-2H3,(H,26,27)/b9-8+. The van der Waals surface area contributed by atoms with Gasteiger partial charge in [-0.2, -0.15) is 0 Å². The van der Waals surface area contributed by atoms with E-state index in [2.05, 4.69) is 5.32 Å². The molecule has 0 unspecified atom stereocenters. The summed E-state index contributed by atoms with van der Waals surface area (Å²) in [7, 11) is 3.27. The summed E-state index contributed by atoms with van der Waals surface area (Å²) in [6.45, 7) is 0. The zero-order valence-electron chi connectivity index (χ0n) is 16.7. The number of nitrogens with one attached hydrogen (secondary N) is 1. The Morgan fingerprint density at radius 2 is 1.45 bits per heavy atom. The summed E-state index contributed by atoms with van der Waals surface area (Å²) < 4.78 is 10.6. The molecule has 0 aliphatic carbocycles. The topological polar surface area (TPSA) is 47.6 Å². The van der Waals surface area contributed by atoms with E-state index < -0.39 is 0 Å². The van der Waals surface area contributed by atoms with Crippen LogP contribution in [0, 0.1) is 0 Å². The summed E-state index contributed by atoms with van der Waals surface area (Å²) in [5.74, 6) is 1.51. The van der Waals surface area contributed by atoms with Crippen LogP contribution in [0.25, 0.3) is 12.2 Å². The van der Waals surface area contributed by atoms with Crippen molar-refractivity contribution in [3.8, 4) is 11.5 Å². The van der Waals surface area contributed by atoms with Crippen LogP contribution in [0.5, 0.6) is 11.5 Å². The lowest BCUT2D eigenvalue weighted by Gasteiger charge is -2.07. The third-order valence-corrected chi connectivity index (χ3v) is 4.52. The molecule has 0 bridgehead atoms. The Morgan fingerprint density at radius 3 is 2.07 bits per heavy atom. The molecule has 3 rings (SSSR count). The SMILES string of the molecule is COc1cc(/C=C/c2ccc(NC(=O)CCc3ccccc3)cc2)cc(OC)c1. The van der Waals surface area contributed by atoms with Crippen molar-refractivity contribution in [2.75, 3.05) is 19.5 Å². The molecule has 0 fully saturated rings. The number of ether oxygens (including phenoxy) is 2. The molecule has 0 aromatic heterocycles. The Kier molecular flexibility index (Phi) is 7.06. The van der Waals surface area contributed by atoms with Crippen LogP contribution in [-0.4, -0.2) is 20.1 Å². The normalized spacial score (nSPS) is 10.7. The van der Waals surface area contributed by atoms with E-state index in [0.717, 1.165) is 40.3 Å². The Morgan fingerprint density at radius 1 is 0.828 bits per heavy atom. The van der Waals surface area contributed by atoms with Gasteiger partial charge in [-0.3, -0.25) is 4.79 Å². The summed E-state index contributed by atoms with van der Waals surface area (Å²) in [6, 6.07) is 23.5. The van der Waals surface area contributed by atoms with Crippen molar-refractivity contribution in [3.63, 3.8) is 0 Å². The summed E-state index contributed by atoms with van der Waals surface area (Å²) in [6.07, 6.45) is 5.20. The molecule has 0 aliphatic rings. The van der Waals surface area contributed by atoms with Crippen molar-refractivity contribution < 1.29 is 14.3 Å². The van der Waals surface area contributed by atoms with E-state index in [1.54, 1.807) is 14.2 Å². The van der Waals surface area contributed by atoms with Gasteiger partial charge in [0.2, 0.25) is 5.91 Å². The summed E-state index contributed by atoms with van der Waals surface area (Å²) >= 11 is 0. The zero-order valence-corrected chi connectivity index (χ0v) is 16.7. The molecule has 4 heteroatoms. The number of methoxy groups -OCH3 is 2. The molecule has 0 aliphatic heterocycles. The van der Waals surface area contributed by atoms with E-state index in [4.69, 9.17) is 9.47 Å². The summed E-state index contributed by atoms with van der Waals surface area (Å²) in [5.41, 5.74) is 3.98. The molecule has 0 saturated carbocycles. The Labute approximate surface area is 171 Å². The highest BCUT2D eigenvalue weighted by Gasteiger charge is 2.03. The predicted octanol–water partition coefficient (Wildman–Crippen LogP) is 5.45. The van der Waals surface area contributed by atoms with Crippen LogP contribution < -0.4 is 14.8 Å². The van der Waals surface area contributed by atoms with Gasteiger partial charge in [0.25, 0.3) is 0 Å². The maximum absolute atomic E-state index is 12.2. The van der Waals surface area contributed by atoms with Gasteiger partial charge < -0.3 is 14.8 Å². The third kappa shape index (κ3) is 6.25. The quantitative estimate of drug-likeness (QED) is 0.523. The molecule has 3 aromatic carbocycles. The minimum absolute atomic E-state index is 0.0145. The highest BCUT2D eigenvalue weighted by atomic mass is 16.5. The second-order valence-corrected chi connectivity index (χ2v) is 6.64. The van der Waals surface area contributed by atoms with Crippen LogP contribution in [0.15, 0.2) is 72.8 Å². The van der Waals surface area contributed by atoms with Crippen LogP contribution in [0.3, 0.4) is 0 Å². The largest absolute Gasteiger partial charge is 0.497 e. The van der Waals surface area contributed by atoms with E-state index in [9.17, 15) is 4.79 Å². The molecule has 4 nitrogen and oxygen atoms in total. The molecule has 0 heterocycles. The smallest absolute Gasteiger partial charge is 0.224 e. The number of carbonyl (C=O) groups excluding carboxylic acids is 1. The monoisotopic (exact) mass is 387 g/mol. The number of hydrogen-bond donors (Lipinski definition) is 1. The average Bonchev–Trinajstić information content (AvgIpc) is 2.77. The first-order chi connectivity index (χ1) is 14.2. The molecule has 148 valence electrons. The van der Waals surface area contributed by atoms with E-state index in [-0.39, 0.29) is 5.91 Å². The second-order valence-electron chi connectivity index (χ2n) is 6.64. The average molecular weight is 387 g/mol. The maximum Gasteiger partial charge on any atom is 0.224 e. The lowest BCUT2D eigenvalue weighted by atomic mass is 10.1. The Hall–Kier alpha value is -3.53. The number of amides is 1. The number of anilines is 1. The van der Waals surface area contributed by atoms with E-state index in [0.29, 0.717) is 6.42 Å². The van der Waals surface area contributed by atoms with Gasteiger partial charge in [0.1, 0.15) is 11.5 Å². The minimum atomic E-state index is 0.0145. The van der Waals surface area contributed by atoms with Crippen molar-refractivity contribution in [1.29, 1.82) is 0 Å². The fraction of sp³-hybridized carbons (Fsp3) is 0.160. The van der Waals surface area contributed by atoms with Gasteiger partial charge in [0.15, 0.2) is 0 Å². The van der Waals surface area contributed by atoms with Gasteiger partial charge in [-0.25, -0.2) is 0 Å². The third-order valence-electron chi connectivity index (χ3n) is 4.52. The molecule has 0 saturated heterocycles. The first-order valence-corrected chi connectivity index (χ1v) is 9.51. The van der Waals surface area contributed by atoms with E-state index >= 15 is 0 Å². The number of aryl methyl sites for hydroxylation is 1. The molecule has 3 aromatic rings. The van der Waals surface area contributed by atoms with E-state index in [1.165, 1.54) is 0 Å². The fourth-order valence-electron chi connectivity index (χ4n) is 2.92. The lowest BCUT2D eigenvalue weighted by molar-refractivity contribution is -0.116. The van der Waals surface area contributed by atoms with Crippen LogP contribution in [0.1, 0.15) is 23.1 Å². The highest BCUT2D eigenvalue weighted by Crippen LogP contribution is 2.24. The maximum atomic E-state index is 12.2. The van der Waals surface area contributed by atoms with Crippen LogP contribution in [-0.2, 0) is 11.2 Å². The zero-order chi connectivity index (χ0) is 20.5. The van der Waals surface area contributed by atoms with Crippen molar-refractivity contribution in [2.24, 2.45) is 0 Å². The van der Waals surface area contributed by atoms with Crippen LogP contribution in [0.2, 0.25) is 0 Å². The van der Waals surface area contributed by atoms with Gasteiger partial charge in [-0.05, 0) is 47.4 Å². The first kappa shape index (κ1) is 20.2.